The monoisotopic (exact) mass is 327 g/mol. The van der Waals surface area contributed by atoms with E-state index in [-0.39, 0.29) is 10.6 Å². The molecule has 0 aliphatic rings. The highest BCUT2D eigenvalue weighted by Crippen LogP contribution is 2.17. The van der Waals surface area contributed by atoms with Gasteiger partial charge >= 0.3 is 0 Å². The van der Waals surface area contributed by atoms with Gasteiger partial charge < -0.3 is 5.32 Å². The van der Waals surface area contributed by atoms with Crippen molar-refractivity contribution in [3.05, 3.63) is 59.4 Å². The molecule has 21 heavy (non-hydrogen) atoms. The number of amides is 1. The van der Waals surface area contributed by atoms with Crippen LogP contribution in [0.1, 0.15) is 0 Å². The summed E-state index contributed by atoms with van der Waals surface area (Å²) >= 11 is 5.68. The largest absolute Gasteiger partial charge is 0.323 e. The standard InChI is InChI=1S/C14H11ClFNO3S/c15-10-5-7-11(8-6-10)21(19,20)9-14(18)17-13-4-2-1-3-12(13)16/h1-8H,9H2,(H,17,18). The van der Waals surface area contributed by atoms with E-state index in [0.29, 0.717) is 5.02 Å². The van der Waals surface area contributed by atoms with Crippen LogP contribution < -0.4 is 5.32 Å². The number of hydrogen-bond acceptors (Lipinski definition) is 3. The van der Waals surface area contributed by atoms with Crippen molar-refractivity contribution in [2.45, 2.75) is 4.90 Å². The van der Waals surface area contributed by atoms with Gasteiger partial charge in [-0.05, 0) is 36.4 Å². The first-order chi connectivity index (χ1) is 9.88. The summed E-state index contributed by atoms with van der Waals surface area (Å²) in [6.45, 7) is 0. The average Bonchev–Trinajstić information content (AvgIpc) is 2.41. The molecule has 1 N–H and O–H groups in total. The number of rotatable bonds is 4. The van der Waals surface area contributed by atoms with E-state index < -0.39 is 27.3 Å². The first-order valence-electron chi connectivity index (χ1n) is 5.91. The molecule has 0 saturated heterocycles. The lowest BCUT2D eigenvalue weighted by molar-refractivity contribution is -0.113. The first-order valence-corrected chi connectivity index (χ1v) is 7.94. The Kier molecular flexibility index (Phi) is 4.59. The lowest BCUT2D eigenvalue weighted by Gasteiger charge is -2.07. The average molecular weight is 328 g/mol. The van der Waals surface area contributed by atoms with Gasteiger partial charge in [0.15, 0.2) is 9.84 Å². The van der Waals surface area contributed by atoms with Crippen molar-refractivity contribution in [2.24, 2.45) is 0 Å². The second kappa shape index (κ2) is 6.24. The number of para-hydroxylation sites is 1. The highest BCUT2D eigenvalue weighted by molar-refractivity contribution is 7.92. The van der Waals surface area contributed by atoms with Gasteiger partial charge in [0.25, 0.3) is 0 Å². The van der Waals surface area contributed by atoms with Crippen molar-refractivity contribution in [3.8, 4) is 0 Å². The number of carbonyl (C=O) groups excluding carboxylic acids is 1. The van der Waals surface area contributed by atoms with Crippen LogP contribution >= 0.6 is 11.6 Å². The van der Waals surface area contributed by atoms with Crippen LogP contribution in [0.25, 0.3) is 0 Å². The Labute approximate surface area is 126 Å². The zero-order chi connectivity index (χ0) is 15.5. The van der Waals surface area contributed by atoms with Gasteiger partial charge in [-0.15, -0.1) is 0 Å². The van der Waals surface area contributed by atoms with Crippen molar-refractivity contribution >= 4 is 33.0 Å². The number of benzene rings is 2. The molecule has 2 aromatic carbocycles. The third-order valence-electron chi connectivity index (χ3n) is 2.64. The summed E-state index contributed by atoms with van der Waals surface area (Å²) < 4.78 is 37.4. The van der Waals surface area contributed by atoms with Gasteiger partial charge in [-0.2, -0.15) is 0 Å². The zero-order valence-electron chi connectivity index (χ0n) is 10.7. The van der Waals surface area contributed by atoms with Crippen LogP contribution in [0.3, 0.4) is 0 Å². The zero-order valence-corrected chi connectivity index (χ0v) is 12.3. The molecule has 110 valence electrons. The van der Waals surface area contributed by atoms with Crippen LogP contribution in [-0.4, -0.2) is 20.1 Å². The molecule has 0 aromatic heterocycles. The van der Waals surface area contributed by atoms with Crippen LogP contribution in [-0.2, 0) is 14.6 Å². The SMILES string of the molecule is O=C(CS(=O)(=O)c1ccc(Cl)cc1)Nc1ccccc1F. The minimum absolute atomic E-state index is 0.0180. The molecule has 2 aromatic rings. The molecule has 2 rings (SSSR count). The predicted molar refractivity (Wildman–Crippen MR) is 78.5 cm³/mol. The van der Waals surface area contributed by atoms with Crippen molar-refractivity contribution in [1.82, 2.24) is 0 Å². The van der Waals surface area contributed by atoms with E-state index in [2.05, 4.69) is 5.32 Å². The molecular weight excluding hydrogens is 317 g/mol. The molecule has 0 radical (unpaired) electrons. The lowest BCUT2D eigenvalue weighted by atomic mass is 10.3. The Hall–Kier alpha value is -1.92. The maximum atomic E-state index is 13.4. The van der Waals surface area contributed by atoms with Gasteiger partial charge in [-0.1, -0.05) is 23.7 Å². The minimum atomic E-state index is -3.80. The van der Waals surface area contributed by atoms with E-state index in [4.69, 9.17) is 11.6 Å². The van der Waals surface area contributed by atoms with Crippen molar-refractivity contribution in [2.75, 3.05) is 11.1 Å². The first kappa shape index (κ1) is 15.5. The molecule has 0 saturated carbocycles. The number of halogens is 2. The fourth-order valence-corrected chi connectivity index (χ4v) is 2.91. The number of anilines is 1. The van der Waals surface area contributed by atoms with E-state index >= 15 is 0 Å². The van der Waals surface area contributed by atoms with Crippen molar-refractivity contribution in [3.63, 3.8) is 0 Å². The molecule has 4 nitrogen and oxygen atoms in total. The summed E-state index contributed by atoms with van der Waals surface area (Å²) in [5.41, 5.74) is -0.0613. The summed E-state index contributed by atoms with van der Waals surface area (Å²) in [6, 6.07) is 11.0. The molecule has 0 spiro atoms. The summed E-state index contributed by atoms with van der Waals surface area (Å²) in [7, 11) is -3.80. The third kappa shape index (κ3) is 4.03. The predicted octanol–water partition coefficient (Wildman–Crippen LogP) is 2.89. The maximum Gasteiger partial charge on any atom is 0.240 e. The van der Waals surface area contributed by atoms with Gasteiger partial charge in [0, 0.05) is 5.02 Å². The van der Waals surface area contributed by atoms with Crippen molar-refractivity contribution < 1.29 is 17.6 Å². The summed E-state index contributed by atoms with van der Waals surface area (Å²) in [5.74, 6) is -2.21. The van der Waals surface area contributed by atoms with E-state index in [1.165, 1.54) is 48.5 Å². The molecule has 0 fully saturated rings. The topological polar surface area (TPSA) is 63.2 Å². The summed E-state index contributed by atoms with van der Waals surface area (Å²) in [5, 5.41) is 2.62. The normalized spacial score (nSPS) is 11.1. The fourth-order valence-electron chi connectivity index (χ4n) is 1.65. The summed E-state index contributed by atoms with van der Waals surface area (Å²) in [4.78, 5) is 11.7. The molecule has 0 aliphatic carbocycles. The van der Waals surface area contributed by atoms with E-state index in [9.17, 15) is 17.6 Å². The lowest BCUT2D eigenvalue weighted by Crippen LogP contribution is -2.23. The molecule has 0 unspecified atom stereocenters. The Bertz CT molecular complexity index is 760. The molecular formula is C14H11ClFNO3S. The van der Waals surface area contributed by atoms with Gasteiger partial charge in [0.2, 0.25) is 5.91 Å². The van der Waals surface area contributed by atoms with Crippen LogP contribution in [0, 0.1) is 5.82 Å². The summed E-state index contributed by atoms with van der Waals surface area (Å²) in [6.07, 6.45) is 0. The van der Waals surface area contributed by atoms with Crippen LogP contribution in [0.15, 0.2) is 53.4 Å². The Balaban J connectivity index is 2.12. The molecule has 1 amide bonds. The second-order valence-electron chi connectivity index (χ2n) is 4.24. The fraction of sp³-hybridized carbons (Fsp3) is 0.0714. The molecule has 0 bridgehead atoms. The molecule has 0 aliphatic heterocycles. The van der Waals surface area contributed by atoms with E-state index in [1.54, 1.807) is 0 Å². The quantitative estimate of drug-likeness (QED) is 0.939. The van der Waals surface area contributed by atoms with Gasteiger partial charge in [-0.25, -0.2) is 12.8 Å². The highest BCUT2D eigenvalue weighted by atomic mass is 35.5. The van der Waals surface area contributed by atoms with Crippen LogP contribution in [0.5, 0.6) is 0 Å². The van der Waals surface area contributed by atoms with E-state index in [1.807, 2.05) is 0 Å². The smallest absolute Gasteiger partial charge is 0.240 e. The second-order valence-corrected chi connectivity index (χ2v) is 6.67. The Morgan fingerprint density at radius 2 is 1.71 bits per heavy atom. The van der Waals surface area contributed by atoms with Gasteiger partial charge in [0.05, 0.1) is 10.6 Å². The molecule has 0 heterocycles. The maximum absolute atomic E-state index is 13.4. The number of sulfone groups is 1. The van der Waals surface area contributed by atoms with Gasteiger partial charge in [-0.3, -0.25) is 4.79 Å². The Morgan fingerprint density at radius 1 is 1.10 bits per heavy atom. The van der Waals surface area contributed by atoms with E-state index in [0.717, 1.165) is 0 Å². The molecule has 0 atom stereocenters. The third-order valence-corrected chi connectivity index (χ3v) is 4.53. The number of carbonyl (C=O) groups is 1. The Morgan fingerprint density at radius 3 is 2.33 bits per heavy atom. The minimum Gasteiger partial charge on any atom is -0.323 e. The van der Waals surface area contributed by atoms with Crippen LogP contribution in [0.2, 0.25) is 5.02 Å². The van der Waals surface area contributed by atoms with Crippen molar-refractivity contribution in [1.29, 1.82) is 0 Å². The number of hydrogen-bond donors (Lipinski definition) is 1. The van der Waals surface area contributed by atoms with Crippen LogP contribution in [0.4, 0.5) is 10.1 Å². The number of nitrogens with one attached hydrogen (secondary N) is 1. The molecule has 7 heteroatoms. The van der Waals surface area contributed by atoms with Gasteiger partial charge in [0.1, 0.15) is 11.6 Å². The highest BCUT2D eigenvalue weighted by Gasteiger charge is 2.20.